The zero-order valence-electron chi connectivity index (χ0n) is 13.1. The third-order valence-corrected chi connectivity index (χ3v) is 6.20. The molecule has 0 saturated heterocycles. The number of nitrogens with one attached hydrogen (secondary N) is 1. The largest absolute Gasteiger partial charge is 0.309 e. The first-order valence-electron chi connectivity index (χ1n) is 8.63. The summed E-state index contributed by atoms with van der Waals surface area (Å²) in [5.41, 5.74) is 2.90. The molecule has 0 spiro atoms. The van der Waals surface area contributed by atoms with E-state index < -0.39 is 0 Å². The van der Waals surface area contributed by atoms with Gasteiger partial charge in [0.25, 0.3) is 0 Å². The predicted molar refractivity (Wildman–Crippen MR) is 90.7 cm³/mol. The fraction of sp³-hybridized carbons (Fsp3) is 0.684. The van der Waals surface area contributed by atoms with Gasteiger partial charge in [0.2, 0.25) is 0 Å². The second kappa shape index (κ2) is 6.30. The van der Waals surface area contributed by atoms with Gasteiger partial charge < -0.3 is 5.32 Å². The van der Waals surface area contributed by atoms with Crippen molar-refractivity contribution in [1.29, 1.82) is 0 Å². The van der Waals surface area contributed by atoms with Crippen LogP contribution in [0.4, 0.5) is 0 Å². The van der Waals surface area contributed by atoms with Crippen LogP contribution < -0.4 is 5.32 Å². The molecule has 0 atom stereocenters. The van der Waals surface area contributed by atoms with Crippen LogP contribution in [0.25, 0.3) is 0 Å². The van der Waals surface area contributed by atoms with Crippen molar-refractivity contribution in [2.45, 2.75) is 58.0 Å². The van der Waals surface area contributed by atoms with E-state index in [4.69, 9.17) is 0 Å². The Kier molecular flexibility index (Phi) is 4.61. The van der Waals surface area contributed by atoms with Crippen LogP contribution in [0.2, 0.25) is 0 Å². The Bertz CT molecular complexity index is 439. The lowest BCUT2D eigenvalue weighted by Crippen LogP contribution is -2.54. The molecule has 2 heteroatoms. The molecule has 116 valence electrons. The first-order chi connectivity index (χ1) is 9.81. The summed E-state index contributed by atoms with van der Waals surface area (Å²) < 4.78 is 0. The summed E-state index contributed by atoms with van der Waals surface area (Å²) in [5.74, 6) is 4.14. The Morgan fingerprint density at radius 2 is 1.38 bits per heavy atom. The van der Waals surface area contributed by atoms with E-state index >= 15 is 0 Å². The number of hydrogen-bond donors (Lipinski definition) is 1. The molecule has 0 radical (unpaired) electrons. The number of aryl methyl sites for hydroxylation is 1. The summed E-state index contributed by atoms with van der Waals surface area (Å²) in [5, 5.41) is 3.92. The zero-order valence-corrected chi connectivity index (χ0v) is 13.9. The van der Waals surface area contributed by atoms with Crippen molar-refractivity contribution < 1.29 is 0 Å². The molecule has 4 bridgehead atoms. The molecular formula is C19H28ClN. The van der Waals surface area contributed by atoms with Gasteiger partial charge in [0.1, 0.15) is 0 Å². The van der Waals surface area contributed by atoms with Crippen molar-refractivity contribution in [3.05, 3.63) is 35.4 Å². The van der Waals surface area contributed by atoms with Gasteiger partial charge in [-0.05, 0) is 73.3 Å². The normalized spacial score (nSPS) is 36.5. The van der Waals surface area contributed by atoms with Crippen molar-refractivity contribution in [2.24, 2.45) is 23.7 Å². The summed E-state index contributed by atoms with van der Waals surface area (Å²) in [6.45, 7) is 3.29. The lowest BCUT2D eigenvalue weighted by Gasteiger charge is -2.54. The average Bonchev–Trinajstić information content (AvgIpc) is 2.46. The molecule has 5 rings (SSSR count). The molecule has 0 aliphatic heterocycles. The highest BCUT2D eigenvalue weighted by Gasteiger charge is 2.47. The minimum atomic E-state index is 0. The second-order valence-corrected chi connectivity index (χ2v) is 7.51. The first-order valence-corrected chi connectivity index (χ1v) is 8.63. The van der Waals surface area contributed by atoms with Crippen LogP contribution in [0.15, 0.2) is 24.3 Å². The van der Waals surface area contributed by atoms with E-state index in [9.17, 15) is 0 Å². The highest BCUT2D eigenvalue weighted by atomic mass is 35.5. The topological polar surface area (TPSA) is 12.0 Å². The molecular weight excluding hydrogens is 278 g/mol. The SMILES string of the molecule is CCc1ccc(CNC2C3CC4CC(C3)CC2C4)cc1.Cl. The van der Waals surface area contributed by atoms with E-state index in [1.54, 1.807) is 6.42 Å². The van der Waals surface area contributed by atoms with Gasteiger partial charge in [-0.15, -0.1) is 12.4 Å². The van der Waals surface area contributed by atoms with Crippen LogP contribution in [-0.4, -0.2) is 6.04 Å². The Labute approximate surface area is 135 Å². The minimum Gasteiger partial charge on any atom is -0.309 e. The second-order valence-electron chi connectivity index (χ2n) is 7.51. The summed E-state index contributed by atoms with van der Waals surface area (Å²) in [6, 6.07) is 10.00. The maximum atomic E-state index is 3.92. The molecule has 1 N–H and O–H groups in total. The monoisotopic (exact) mass is 305 g/mol. The highest BCUT2D eigenvalue weighted by molar-refractivity contribution is 5.85. The van der Waals surface area contributed by atoms with E-state index in [1.165, 1.54) is 36.8 Å². The number of hydrogen-bond acceptors (Lipinski definition) is 1. The van der Waals surface area contributed by atoms with Gasteiger partial charge in [0.15, 0.2) is 0 Å². The van der Waals surface area contributed by atoms with Crippen molar-refractivity contribution >= 4 is 12.4 Å². The summed E-state index contributed by atoms with van der Waals surface area (Å²) in [6.07, 6.45) is 8.75. The molecule has 4 fully saturated rings. The molecule has 1 nitrogen and oxygen atoms in total. The third kappa shape index (κ3) is 3.00. The maximum Gasteiger partial charge on any atom is 0.0208 e. The van der Waals surface area contributed by atoms with E-state index in [-0.39, 0.29) is 12.4 Å². The summed E-state index contributed by atoms with van der Waals surface area (Å²) in [4.78, 5) is 0. The van der Waals surface area contributed by atoms with Gasteiger partial charge in [-0.25, -0.2) is 0 Å². The lowest BCUT2D eigenvalue weighted by molar-refractivity contribution is -0.0142. The van der Waals surface area contributed by atoms with Gasteiger partial charge in [-0.1, -0.05) is 31.2 Å². The fourth-order valence-electron chi connectivity index (χ4n) is 5.39. The van der Waals surface area contributed by atoms with Gasteiger partial charge in [0.05, 0.1) is 0 Å². The van der Waals surface area contributed by atoms with Crippen molar-refractivity contribution in [2.75, 3.05) is 0 Å². The standard InChI is InChI=1S/C19H27N.ClH/c1-2-13-3-5-14(6-4-13)12-20-19-17-8-15-7-16(10-17)11-18(19)9-15;/h3-6,15-20H,2,7-12H2,1H3;1H. The summed E-state index contributed by atoms with van der Waals surface area (Å²) >= 11 is 0. The van der Waals surface area contributed by atoms with Crippen molar-refractivity contribution in [3.63, 3.8) is 0 Å². The van der Waals surface area contributed by atoms with Crippen LogP contribution in [0.5, 0.6) is 0 Å². The quantitative estimate of drug-likeness (QED) is 0.858. The molecule has 4 aliphatic carbocycles. The van der Waals surface area contributed by atoms with Crippen molar-refractivity contribution in [1.82, 2.24) is 5.32 Å². The summed E-state index contributed by atoms with van der Waals surface area (Å²) in [7, 11) is 0. The molecule has 0 aromatic heterocycles. The van der Waals surface area contributed by atoms with Gasteiger partial charge in [0, 0.05) is 12.6 Å². The molecule has 4 aliphatic rings. The molecule has 0 heterocycles. The van der Waals surface area contributed by atoms with Crippen LogP contribution in [-0.2, 0) is 13.0 Å². The highest BCUT2D eigenvalue weighted by Crippen LogP contribution is 2.53. The number of benzene rings is 1. The number of rotatable bonds is 4. The Hall–Kier alpha value is -0.530. The Morgan fingerprint density at radius 3 is 1.90 bits per heavy atom. The van der Waals surface area contributed by atoms with Gasteiger partial charge in [-0.2, -0.15) is 0 Å². The van der Waals surface area contributed by atoms with E-state index in [1.807, 2.05) is 0 Å². The van der Waals surface area contributed by atoms with Crippen molar-refractivity contribution in [3.8, 4) is 0 Å². The molecule has 4 saturated carbocycles. The van der Waals surface area contributed by atoms with Crippen LogP contribution >= 0.6 is 12.4 Å². The lowest BCUT2D eigenvalue weighted by atomic mass is 9.54. The molecule has 0 amide bonds. The smallest absolute Gasteiger partial charge is 0.0208 e. The van der Waals surface area contributed by atoms with E-state index in [0.29, 0.717) is 0 Å². The zero-order chi connectivity index (χ0) is 13.5. The first kappa shape index (κ1) is 15.4. The van der Waals surface area contributed by atoms with Gasteiger partial charge >= 0.3 is 0 Å². The molecule has 0 unspecified atom stereocenters. The number of halogens is 1. The molecule has 1 aromatic rings. The van der Waals surface area contributed by atoms with Crippen LogP contribution in [0, 0.1) is 23.7 Å². The predicted octanol–water partition coefficient (Wildman–Crippen LogP) is 4.59. The average molecular weight is 306 g/mol. The molecule has 1 aromatic carbocycles. The third-order valence-electron chi connectivity index (χ3n) is 6.20. The minimum absolute atomic E-state index is 0. The fourth-order valence-corrected chi connectivity index (χ4v) is 5.39. The Morgan fingerprint density at radius 1 is 0.857 bits per heavy atom. The van der Waals surface area contributed by atoms with E-state index in [0.717, 1.165) is 42.7 Å². The Balaban J connectivity index is 0.00000132. The van der Waals surface area contributed by atoms with Crippen LogP contribution in [0.3, 0.4) is 0 Å². The van der Waals surface area contributed by atoms with E-state index in [2.05, 4.69) is 36.5 Å². The van der Waals surface area contributed by atoms with Crippen LogP contribution in [0.1, 0.15) is 50.2 Å². The van der Waals surface area contributed by atoms with Gasteiger partial charge in [-0.3, -0.25) is 0 Å². The maximum absolute atomic E-state index is 3.92. The molecule has 21 heavy (non-hydrogen) atoms.